The van der Waals surface area contributed by atoms with E-state index in [1.165, 1.54) is 0 Å². The highest BCUT2D eigenvalue weighted by Crippen LogP contribution is 2.25. The molecular formula is C16H30N2O3. The van der Waals surface area contributed by atoms with Crippen LogP contribution < -0.4 is 5.32 Å². The normalized spacial score (nSPS) is 27.3. The van der Waals surface area contributed by atoms with Gasteiger partial charge in [0.1, 0.15) is 0 Å². The third-order valence-corrected chi connectivity index (χ3v) is 4.58. The molecule has 1 saturated heterocycles. The van der Waals surface area contributed by atoms with Gasteiger partial charge in [-0.15, -0.1) is 0 Å². The first-order chi connectivity index (χ1) is 10.1. The summed E-state index contributed by atoms with van der Waals surface area (Å²) in [5, 5.41) is 13.4. The second-order valence-corrected chi connectivity index (χ2v) is 6.90. The Bertz CT molecular complexity index is 327. The van der Waals surface area contributed by atoms with Gasteiger partial charge in [0.25, 0.3) is 0 Å². The molecule has 2 N–H and O–H groups in total. The fourth-order valence-electron chi connectivity index (χ4n) is 3.17. The van der Waals surface area contributed by atoms with E-state index >= 15 is 0 Å². The van der Waals surface area contributed by atoms with Gasteiger partial charge in [-0.25, -0.2) is 4.79 Å². The maximum atomic E-state index is 11.9. The average molecular weight is 298 g/mol. The van der Waals surface area contributed by atoms with Gasteiger partial charge in [0.05, 0.1) is 12.7 Å². The summed E-state index contributed by atoms with van der Waals surface area (Å²) in [4.78, 5) is 13.7. The number of hydrogen-bond donors (Lipinski definition) is 2. The topological polar surface area (TPSA) is 61.8 Å². The zero-order valence-corrected chi connectivity index (χ0v) is 13.4. The zero-order valence-electron chi connectivity index (χ0n) is 13.4. The molecule has 2 atom stereocenters. The Kier molecular flexibility index (Phi) is 6.30. The SMILES string of the molecule is CC(C)COC(=O)N1CCC(NC[C@@H]2CCC[C@@H]2O)CC1. The van der Waals surface area contributed by atoms with Crippen LogP contribution in [0.1, 0.15) is 46.0 Å². The molecule has 2 fully saturated rings. The van der Waals surface area contributed by atoms with Gasteiger partial charge in [-0.05, 0) is 37.5 Å². The first-order valence-electron chi connectivity index (χ1n) is 8.39. The van der Waals surface area contributed by atoms with Gasteiger partial charge in [-0.3, -0.25) is 0 Å². The Morgan fingerprint density at radius 1 is 1.29 bits per heavy atom. The van der Waals surface area contributed by atoms with Crippen LogP contribution in [-0.4, -0.2) is 54.5 Å². The van der Waals surface area contributed by atoms with E-state index in [1.807, 2.05) is 18.7 Å². The van der Waals surface area contributed by atoms with Crippen LogP contribution in [0.25, 0.3) is 0 Å². The molecule has 122 valence electrons. The fraction of sp³-hybridized carbons (Fsp3) is 0.938. The highest BCUT2D eigenvalue weighted by atomic mass is 16.6. The van der Waals surface area contributed by atoms with Crippen molar-refractivity contribution in [3.05, 3.63) is 0 Å². The number of ether oxygens (including phenoxy) is 1. The quantitative estimate of drug-likeness (QED) is 0.815. The van der Waals surface area contributed by atoms with E-state index in [-0.39, 0.29) is 12.2 Å². The predicted octanol–water partition coefficient (Wildman–Crippen LogP) is 1.99. The number of amides is 1. The van der Waals surface area contributed by atoms with Crippen molar-refractivity contribution in [2.24, 2.45) is 11.8 Å². The maximum absolute atomic E-state index is 11.9. The minimum Gasteiger partial charge on any atom is -0.449 e. The number of nitrogens with zero attached hydrogens (tertiary/aromatic N) is 1. The maximum Gasteiger partial charge on any atom is 0.409 e. The van der Waals surface area contributed by atoms with E-state index in [1.54, 1.807) is 0 Å². The fourth-order valence-corrected chi connectivity index (χ4v) is 3.17. The monoisotopic (exact) mass is 298 g/mol. The summed E-state index contributed by atoms with van der Waals surface area (Å²) in [6.07, 6.45) is 4.88. The molecule has 0 radical (unpaired) electrons. The second-order valence-electron chi connectivity index (χ2n) is 6.90. The van der Waals surface area contributed by atoms with Gasteiger partial charge in [0, 0.05) is 25.7 Å². The predicted molar refractivity (Wildman–Crippen MR) is 82.1 cm³/mol. The van der Waals surface area contributed by atoms with Crippen LogP contribution in [0, 0.1) is 11.8 Å². The summed E-state index contributed by atoms with van der Waals surface area (Å²) in [5.41, 5.74) is 0. The molecule has 5 heteroatoms. The number of carbonyl (C=O) groups excluding carboxylic acids is 1. The molecular weight excluding hydrogens is 268 g/mol. The van der Waals surface area contributed by atoms with Crippen molar-refractivity contribution in [2.75, 3.05) is 26.2 Å². The first kappa shape index (κ1) is 16.6. The number of hydrogen-bond acceptors (Lipinski definition) is 4. The van der Waals surface area contributed by atoms with Crippen molar-refractivity contribution in [1.82, 2.24) is 10.2 Å². The molecule has 1 saturated carbocycles. The smallest absolute Gasteiger partial charge is 0.409 e. The van der Waals surface area contributed by atoms with Gasteiger partial charge < -0.3 is 20.1 Å². The number of aliphatic hydroxyl groups is 1. The van der Waals surface area contributed by atoms with Crippen LogP contribution in [0.4, 0.5) is 4.79 Å². The van der Waals surface area contributed by atoms with E-state index in [4.69, 9.17) is 4.74 Å². The highest BCUT2D eigenvalue weighted by Gasteiger charge is 2.27. The Morgan fingerprint density at radius 2 is 2.00 bits per heavy atom. The lowest BCUT2D eigenvalue weighted by Crippen LogP contribution is -2.46. The lowest BCUT2D eigenvalue weighted by atomic mass is 10.0. The van der Waals surface area contributed by atoms with Crippen molar-refractivity contribution < 1.29 is 14.6 Å². The Balaban J connectivity index is 1.62. The molecule has 2 rings (SSSR count). The number of rotatable bonds is 5. The van der Waals surface area contributed by atoms with Crippen LogP contribution >= 0.6 is 0 Å². The molecule has 0 bridgehead atoms. The average Bonchev–Trinajstić information content (AvgIpc) is 2.88. The molecule has 1 heterocycles. The molecule has 21 heavy (non-hydrogen) atoms. The summed E-state index contributed by atoms with van der Waals surface area (Å²) in [6, 6.07) is 0.465. The lowest BCUT2D eigenvalue weighted by Gasteiger charge is -2.32. The minimum atomic E-state index is -0.173. The third-order valence-electron chi connectivity index (χ3n) is 4.58. The number of likely N-dealkylation sites (tertiary alicyclic amines) is 1. The highest BCUT2D eigenvalue weighted by molar-refractivity contribution is 5.67. The molecule has 1 amide bonds. The Morgan fingerprint density at radius 3 is 2.57 bits per heavy atom. The van der Waals surface area contributed by atoms with Crippen molar-refractivity contribution in [1.29, 1.82) is 0 Å². The Hall–Kier alpha value is -0.810. The molecule has 1 aliphatic heterocycles. The summed E-state index contributed by atoms with van der Waals surface area (Å²) in [7, 11) is 0. The summed E-state index contributed by atoms with van der Waals surface area (Å²) in [5.74, 6) is 0.796. The van der Waals surface area contributed by atoms with Crippen LogP contribution in [0.15, 0.2) is 0 Å². The molecule has 0 aromatic rings. The summed E-state index contributed by atoms with van der Waals surface area (Å²) in [6.45, 7) is 7.02. The first-order valence-corrected chi connectivity index (χ1v) is 8.39. The molecule has 0 aromatic carbocycles. The summed E-state index contributed by atoms with van der Waals surface area (Å²) < 4.78 is 5.27. The zero-order chi connectivity index (χ0) is 15.2. The van der Waals surface area contributed by atoms with Gasteiger partial charge >= 0.3 is 6.09 Å². The number of aliphatic hydroxyl groups excluding tert-OH is 1. The van der Waals surface area contributed by atoms with Crippen LogP contribution in [0.2, 0.25) is 0 Å². The van der Waals surface area contributed by atoms with Gasteiger partial charge in [0.2, 0.25) is 0 Å². The number of carbonyl (C=O) groups is 1. The molecule has 1 aliphatic carbocycles. The van der Waals surface area contributed by atoms with Gasteiger partial charge in [0.15, 0.2) is 0 Å². The van der Waals surface area contributed by atoms with Crippen LogP contribution in [-0.2, 0) is 4.74 Å². The minimum absolute atomic E-state index is 0.122. The van der Waals surface area contributed by atoms with Gasteiger partial charge in [-0.2, -0.15) is 0 Å². The van der Waals surface area contributed by atoms with E-state index in [9.17, 15) is 9.90 Å². The number of nitrogens with one attached hydrogen (secondary N) is 1. The lowest BCUT2D eigenvalue weighted by molar-refractivity contribution is 0.0805. The standard InChI is InChI=1S/C16H30N2O3/c1-12(2)11-21-16(20)18-8-6-14(7-9-18)17-10-13-4-3-5-15(13)19/h12-15,17,19H,3-11H2,1-2H3/t13-,15-/m0/s1. The van der Waals surface area contributed by atoms with Crippen molar-refractivity contribution in [2.45, 2.75) is 58.1 Å². The Labute approximate surface area is 128 Å². The van der Waals surface area contributed by atoms with Crippen molar-refractivity contribution >= 4 is 6.09 Å². The van der Waals surface area contributed by atoms with Crippen molar-refractivity contribution in [3.63, 3.8) is 0 Å². The molecule has 0 unspecified atom stereocenters. The van der Waals surface area contributed by atoms with E-state index < -0.39 is 0 Å². The number of piperidine rings is 1. The van der Waals surface area contributed by atoms with Crippen molar-refractivity contribution in [3.8, 4) is 0 Å². The molecule has 5 nitrogen and oxygen atoms in total. The molecule has 0 aromatic heterocycles. The van der Waals surface area contributed by atoms with Crippen LogP contribution in [0.5, 0.6) is 0 Å². The summed E-state index contributed by atoms with van der Waals surface area (Å²) >= 11 is 0. The second kappa shape index (κ2) is 7.99. The largest absolute Gasteiger partial charge is 0.449 e. The van der Waals surface area contributed by atoms with Gasteiger partial charge in [-0.1, -0.05) is 20.3 Å². The molecule has 0 spiro atoms. The third kappa shape index (κ3) is 5.15. The van der Waals surface area contributed by atoms with E-state index in [0.717, 1.165) is 51.7 Å². The molecule has 2 aliphatic rings. The van der Waals surface area contributed by atoms with E-state index in [2.05, 4.69) is 5.32 Å². The van der Waals surface area contributed by atoms with E-state index in [0.29, 0.717) is 24.5 Å². The van der Waals surface area contributed by atoms with Crippen LogP contribution in [0.3, 0.4) is 0 Å².